The Labute approximate surface area is 104 Å². The normalized spacial score (nSPS) is 11.9. The van der Waals surface area contributed by atoms with Crippen LogP contribution in [0.4, 0.5) is 0 Å². The van der Waals surface area contributed by atoms with Crippen LogP contribution in [-0.2, 0) is 9.53 Å². The summed E-state index contributed by atoms with van der Waals surface area (Å²) < 4.78 is 4.78. The Bertz CT molecular complexity index is 385. The van der Waals surface area contributed by atoms with E-state index in [2.05, 4.69) is 0 Å². The summed E-state index contributed by atoms with van der Waals surface area (Å²) in [6.45, 7) is 1.92. The molecule has 86 valence electrons. The molecule has 0 atom stereocenters. The molecule has 0 amide bonds. The van der Waals surface area contributed by atoms with E-state index in [0.29, 0.717) is 4.91 Å². The minimum absolute atomic E-state index is 0.277. The Hall–Kier alpha value is -0.870. The van der Waals surface area contributed by atoms with Crippen LogP contribution < -0.4 is 0 Å². The number of allylic oxidation sites excluding steroid dienone is 1. The maximum Gasteiger partial charge on any atom is 0.345 e. The standard InChI is InChI=1S/C12H14O2S2/c1-9(15-3)11(12(13)14-2)16-10-7-5-4-6-8-10/h4-8H,1-3H3/b11-9-. The second-order valence-electron chi connectivity index (χ2n) is 3.00. The largest absolute Gasteiger partial charge is 0.465 e. The van der Waals surface area contributed by atoms with Crippen LogP contribution in [0.15, 0.2) is 45.0 Å². The Morgan fingerprint density at radius 3 is 2.38 bits per heavy atom. The quantitative estimate of drug-likeness (QED) is 0.466. The van der Waals surface area contributed by atoms with Crippen molar-refractivity contribution in [3.05, 3.63) is 40.1 Å². The summed E-state index contributed by atoms with van der Waals surface area (Å²) in [5.41, 5.74) is 0. The van der Waals surface area contributed by atoms with Gasteiger partial charge in [-0.15, -0.1) is 11.8 Å². The van der Waals surface area contributed by atoms with Crippen molar-refractivity contribution in [2.45, 2.75) is 11.8 Å². The molecule has 0 aliphatic carbocycles. The number of ether oxygens (including phenoxy) is 1. The van der Waals surface area contributed by atoms with Gasteiger partial charge in [0.25, 0.3) is 0 Å². The van der Waals surface area contributed by atoms with E-state index in [9.17, 15) is 4.79 Å². The SMILES string of the molecule is COC(=O)/C(Sc1ccccc1)=C(\C)SC. The molecule has 1 aromatic carbocycles. The van der Waals surface area contributed by atoms with Crippen molar-refractivity contribution < 1.29 is 9.53 Å². The van der Waals surface area contributed by atoms with Gasteiger partial charge in [0.15, 0.2) is 0 Å². The number of carbonyl (C=O) groups excluding carboxylic acids is 1. The fourth-order valence-corrected chi connectivity index (χ4v) is 2.53. The van der Waals surface area contributed by atoms with Crippen LogP contribution in [0, 0.1) is 0 Å². The van der Waals surface area contributed by atoms with Gasteiger partial charge < -0.3 is 4.74 Å². The van der Waals surface area contributed by atoms with Crippen molar-refractivity contribution in [2.75, 3.05) is 13.4 Å². The Morgan fingerprint density at radius 1 is 1.25 bits per heavy atom. The number of hydrogen-bond acceptors (Lipinski definition) is 4. The lowest BCUT2D eigenvalue weighted by Gasteiger charge is -2.08. The van der Waals surface area contributed by atoms with Crippen molar-refractivity contribution >= 4 is 29.5 Å². The predicted octanol–water partition coefficient (Wildman–Crippen LogP) is 3.55. The van der Waals surface area contributed by atoms with Gasteiger partial charge >= 0.3 is 5.97 Å². The third-order valence-corrected chi connectivity index (χ3v) is 4.09. The van der Waals surface area contributed by atoms with Gasteiger partial charge in [-0.2, -0.15) is 0 Å². The van der Waals surface area contributed by atoms with E-state index < -0.39 is 0 Å². The van der Waals surface area contributed by atoms with Gasteiger partial charge in [-0.3, -0.25) is 0 Å². The second-order valence-corrected chi connectivity index (χ2v) is 5.10. The molecule has 0 N–H and O–H groups in total. The van der Waals surface area contributed by atoms with Crippen LogP contribution >= 0.6 is 23.5 Å². The van der Waals surface area contributed by atoms with Crippen molar-refractivity contribution in [1.82, 2.24) is 0 Å². The minimum atomic E-state index is -0.277. The van der Waals surface area contributed by atoms with E-state index in [1.807, 2.05) is 43.5 Å². The third kappa shape index (κ3) is 3.61. The lowest BCUT2D eigenvalue weighted by atomic mass is 10.4. The molecule has 0 bridgehead atoms. The number of thioether (sulfide) groups is 2. The zero-order valence-electron chi connectivity index (χ0n) is 9.52. The molecule has 0 heterocycles. The molecule has 1 aromatic rings. The molecule has 4 heteroatoms. The molecule has 0 aliphatic rings. The fraction of sp³-hybridized carbons (Fsp3) is 0.250. The number of benzene rings is 1. The first kappa shape index (κ1) is 13.2. The molecule has 2 nitrogen and oxygen atoms in total. The number of hydrogen-bond donors (Lipinski definition) is 0. The van der Waals surface area contributed by atoms with Crippen LogP contribution in [0.1, 0.15) is 6.92 Å². The first-order valence-electron chi connectivity index (χ1n) is 4.75. The van der Waals surface area contributed by atoms with Gasteiger partial charge in [0.05, 0.1) is 7.11 Å². The highest BCUT2D eigenvalue weighted by Gasteiger charge is 2.14. The summed E-state index contributed by atoms with van der Waals surface area (Å²) in [5.74, 6) is -0.277. The molecule has 0 aromatic heterocycles. The molecule has 1 rings (SSSR count). The monoisotopic (exact) mass is 254 g/mol. The van der Waals surface area contributed by atoms with E-state index in [4.69, 9.17) is 4.74 Å². The summed E-state index contributed by atoms with van der Waals surface area (Å²) in [6, 6.07) is 9.80. The van der Waals surface area contributed by atoms with Crippen LogP contribution in [0.5, 0.6) is 0 Å². The van der Waals surface area contributed by atoms with E-state index in [-0.39, 0.29) is 5.97 Å². The van der Waals surface area contributed by atoms with Crippen LogP contribution in [0.25, 0.3) is 0 Å². The van der Waals surface area contributed by atoms with Crippen molar-refractivity contribution in [3.8, 4) is 0 Å². The molecular weight excluding hydrogens is 240 g/mol. The average Bonchev–Trinajstić information content (AvgIpc) is 2.35. The van der Waals surface area contributed by atoms with Crippen molar-refractivity contribution in [2.24, 2.45) is 0 Å². The summed E-state index contributed by atoms with van der Waals surface area (Å²) in [4.78, 5) is 14.3. The zero-order valence-corrected chi connectivity index (χ0v) is 11.2. The van der Waals surface area contributed by atoms with Gasteiger partial charge in [-0.25, -0.2) is 4.79 Å². The highest BCUT2D eigenvalue weighted by atomic mass is 32.2. The topological polar surface area (TPSA) is 26.3 Å². The van der Waals surface area contributed by atoms with Gasteiger partial charge in [-0.05, 0) is 25.3 Å². The number of methoxy groups -OCH3 is 1. The first-order chi connectivity index (χ1) is 7.69. The molecule has 0 unspecified atom stereocenters. The minimum Gasteiger partial charge on any atom is -0.465 e. The molecule has 0 fully saturated rings. The second kappa shape index (κ2) is 6.66. The smallest absolute Gasteiger partial charge is 0.345 e. The van der Waals surface area contributed by atoms with Crippen LogP contribution in [-0.4, -0.2) is 19.3 Å². The maximum absolute atomic E-state index is 11.6. The number of esters is 1. The molecule has 0 spiro atoms. The van der Waals surface area contributed by atoms with Gasteiger partial charge in [0, 0.05) is 9.80 Å². The lowest BCUT2D eigenvalue weighted by Crippen LogP contribution is -2.03. The number of rotatable bonds is 4. The van der Waals surface area contributed by atoms with Crippen LogP contribution in [0.3, 0.4) is 0 Å². The predicted molar refractivity (Wildman–Crippen MR) is 70.5 cm³/mol. The molecule has 0 saturated heterocycles. The summed E-state index contributed by atoms with van der Waals surface area (Å²) in [6.07, 6.45) is 1.95. The van der Waals surface area contributed by atoms with Crippen LogP contribution in [0.2, 0.25) is 0 Å². The molecule has 0 saturated carbocycles. The Balaban J connectivity index is 2.93. The lowest BCUT2D eigenvalue weighted by molar-refractivity contribution is -0.135. The Morgan fingerprint density at radius 2 is 1.88 bits per heavy atom. The molecular formula is C12H14O2S2. The van der Waals surface area contributed by atoms with Gasteiger partial charge in [0.2, 0.25) is 0 Å². The summed E-state index contributed by atoms with van der Waals surface area (Å²) in [7, 11) is 1.40. The van der Waals surface area contributed by atoms with Gasteiger partial charge in [-0.1, -0.05) is 30.0 Å². The Kier molecular flexibility index (Phi) is 5.49. The highest BCUT2D eigenvalue weighted by Crippen LogP contribution is 2.32. The highest BCUT2D eigenvalue weighted by molar-refractivity contribution is 8.07. The van der Waals surface area contributed by atoms with E-state index in [0.717, 1.165) is 9.80 Å². The number of carbonyl (C=O) groups is 1. The van der Waals surface area contributed by atoms with E-state index in [1.165, 1.54) is 18.9 Å². The van der Waals surface area contributed by atoms with E-state index in [1.54, 1.807) is 11.8 Å². The third-order valence-electron chi connectivity index (χ3n) is 1.96. The molecule has 0 aliphatic heterocycles. The zero-order chi connectivity index (χ0) is 12.0. The van der Waals surface area contributed by atoms with Crippen molar-refractivity contribution in [1.29, 1.82) is 0 Å². The van der Waals surface area contributed by atoms with Crippen molar-refractivity contribution in [3.63, 3.8) is 0 Å². The summed E-state index contributed by atoms with van der Waals surface area (Å²) >= 11 is 2.99. The van der Waals surface area contributed by atoms with Gasteiger partial charge in [0.1, 0.15) is 4.91 Å². The first-order valence-corrected chi connectivity index (χ1v) is 6.79. The summed E-state index contributed by atoms with van der Waals surface area (Å²) in [5, 5.41) is 0. The average molecular weight is 254 g/mol. The fourth-order valence-electron chi connectivity index (χ4n) is 1.05. The van der Waals surface area contributed by atoms with E-state index >= 15 is 0 Å². The molecule has 16 heavy (non-hydrogen) atoms. The molecule has 0 radical (unpaired) electrons. The maximum atomic E-state index is 11.6.